The van der Waals surface area contributed by atoms with Gasteiger partial charge in [-0.1, -0.05) is 90.5 Å². The molecule has 0 bridgehead atoms. The van der Waals surface area contributed by atoms with Gasteiger partial charge in [-0.15, -0.1) is 0 Å². The molecular weight excluding hydrogens is 304 g/mol. The van der Waals surface area contributed by atoms with Crippen molar-refractivity contribution in [3.05, 3.63) is 24.3 Å². The van der Waals surface area contributed by atoms with Crippen LogP contribution in [0, 0.1) is 11.3 Å². The van der Waals surface area contributed by atoms with Crippen LogP contribution in [0.25, 0.3) is 0 Å². The smallest absolute Gasteiger partial charge is 0.0528 e. The third-order valence-corrected chi connectivity index (χ3v) is 5.36. The summed E-state index contributed by atoms with van der Waals surface area (Å²) in [7, 11) is 0. The molecule has 0 heterocycles. The Morgan fingerprint density at radius 1 is 0.840 bits per heavy atom. The lowest BCUT2D eigenvalue weighted by Gasteiger charge is -2.34. The first kappa shape index (κ1) is 24.4. The normalized spacial score (nSPS) is 14.0. The van der Waals surface area contributed by atoms with Crippen LogP contribution in [0.15, 0.2) is 24.3 Å². The first-order chi connectivity index (χ1) is 12.2. The van der Waals surface area contributed by atoms with E-state index in [1.54, 1.807) is 0 Å². The van der Waals surface area contributed by atoms with Gasteiger partial charge in [0.25, 0.3) is 0 Å². The van der Waals surface area contributed by atoms with Gasteiger partial charge in [0.15, 0.2) is 0 Å². The SMILES string of the molecule is CC=CCC=CC(CC)COCC(CCCC)(CCCC)CCCC. The van der Waals surface area contributed by atoms with E-state index in [2.05, 4.69) is 58.9 Å². The van der Waals surface area contributed by atoms with Crippen LogP contribution >= 0.6 is 0 Å². The maximum absolute atomic E-state index is 6.33. The van der Waals surface area contributed by atoms with Crippen LogP contribution in [-0.2, 0) is 4.74 Å². The molecule has 0 amide bonds. The largest absolute Gasteiger partial charge is 0.380 e. The van der Waals surface area contributed by atoms with Gasteiger partial charge in [0.1, 0.15) is 0 Å². The maximum Gasteiger partial charge on any atom is 0.0528 e. The van der Waals surface area contributed by atoms with Crippen molar-refractivity contribution in [2.24, 2.45) is 11.3 Å². The molecule has 1 nitrogen and oxygen atoms in total. The van der Waals surface area contributed by atoms with Gasteiger partial charge < -0.3 is 4.74 Å². The number of hydrogen-bond donors (Lipinski definition) is 0. The highest BCUT2D eigenvalue weighted by Gasteiger charge is 2.28. The zero-order valence-electron chi connectivity index (χ0n) is 18.0. The second kappa shape index (κ2) is 16.9. The Hall–Kier alpha value is -0.560. The summed E-state index contributed by atoms with van der Waals surface area (Å²) in [6.45, 7) is 13.1. The standard InChI is InChI=1S/C24H46O/c1-6-11-15-16-17-23(10-5)21-25-22-24(18-12-7-2,19-13-8-3)20-14-9-4/h6,11,16-17,23H,7-10,12-15,18-22H2,1-5H3. The molecular formula is C24H46O. The number of hydrogen-bond acceptors (Lipinski definition) is 1. The van der Waals surface area contributed by atoms with Crippen LogP contribution in [0.1, 0.15) is 105 Å². The van der Waals surface area contributed by atoms with E-state index >= 15 is 0 Å². The lowest BCUT2D eigenvalue weighted by molar-refractivity contribution is 0.0122. The molecule has 0 aliphatic rings. The summed E-state index contributed by atoms with van der Waals surface area (Å²) in [6, 6.07) is 0. The van der Waals surface area contributed by atoms with E-state index in [9.17, 15) is 0 Å². The van der Waals surface area contributed by atoms with Gasteiger partial charge in [-0.25, -0.2) is 0 Å². The van der Waals surface area contributed by atoms with E-state index in [-0.39, 0.29) is 0 Å². The fourth-order valence-corrected chi connectivity index (χ4v) is 3.47. The molecule has 0 spiro atoms. The topological polar surface area (TPSA) is 9.23 Å². The van der Waals surface area contributed by atoms with E-state index in [4.69, 9.17) is 4.74 Å². The van der Waals surface area contributed by atoms with Gasteiger partial charge in [-0.05, 0) is 50.4 Å². The summed E-state index contributed by atoms with van der Waals surface area (Å²) in [5.41, 5.74) is 0.426. The van der Waals surface area contributed by atoms with Gasteiger partial charge in [-0.2, -0.15) is 0 Å². The Morgan fingerprint density at radius 3 is 1.84 bits per heavy atom. The molecule has 0 saturated heterocycles. The fraction of sp³-hybridized carbons (Fsp3) is 0.833. The van der Waals surface area contributed by atoms with Crippen LogP contribution < -0.4 is 0 Å². The van der Waals surface area contributed by atoms with Crippen molar-refractivity contribution >= 4 is 0 Å². The quantitative estimate of drug-likeness (QED) is 0.241. The van der Waals surface area contributed by atoms with Crippen LogP contribution in [0.3, 0.4) is 0 Å². The zero-order valence-corrected chi connectivity index (χ0v) is 18.0. The number of allylic oxidation sites excluding steroid dienone is 3. The molecule has 25 heavy (non-hydrogen) atoms. The third-order valence-electron chi connectivity index (χ3n) is 5.36. The minimum Gasteiger partial charge on any atom is -0.380 e. The Labute approximate surface area is 159 Å². The molecule has 1 atom stereocenters. The molecule has 1 heteroatoms. The highest BCUT2D eigenvalue weighted by Crippen LogP contribution is 2.37. The second-order valence-corrected chi connectivity index (χ2v) is 7.73. The van der Waals surface area contributed by atoms with E-state index in [1.165, 1.54) is 57.8 Å². The molecule has 0 aliphatic heterocycles. The molecule has 0 N–H and O–H groups in total. The summed E-state index contributed by atoms with van der Waals surface area (Å²) in [5.74, 6) is 0.562. The molecule has 148 valence electrons. The summed E-state index contributed by atoms with van der Waals surface area (Å²) < 4.78 is 6.33. The summed E-state index contributed by atoms with van der Waals surface area (Å²) >= 11 is 0. The first-order valence-corrected chi connectivity index (χ1v) is 11.0. The highest BCUT2D eigenvalue weighted by atomic mass is 16.5. The Bertz CT molecular complexity index is 307. The summed E-state index contributed by atoms with van der Waals surface area (Å²) in [4.78, 5) is 0. The fourth-order valence-electron chi connectivity index (χ4n) is 3.47. The Balaban J connectivity index is 4.65. The van der Waals surface area contributed by atoms with Crippen LogP contribution in [0.4, 0.5) is 0 Å². The average Bonchev–Trinajstić information content (AvgIpc) is 2.64. The van der Waals surface area contributed by atoms with Gasteiger partial charge in [0.2, 0.25) is 0 Å². The van der Waals surface area contributed by atoms with E-state index in [1.807, 2.05) is 0 Å². The van der Waals surface area contributed by atoms with Gasteiger partial charge in [0, 0.05) is 0 Å². The summed E-state index contributed by atoms with van der Waals surface area (Å²) in [5, 5.41) is 0. The van der Waals surface area contributed by atoms with Crippen molar-refractivity contribution in [3.8, 4) is 0 Å². The summed E-state index contributed by atoms with van der Waals surface area (Å²) in [6.07, 6.45) is 23.1. The van der Waals surface area contributed by atoms with Crippen LogP contribution in [0.5, 0.6) is 0 Å². The van der Waals surface area contributed by atoms with E-state index in [0.717, 1.165) is 26.1 Å². The number of ether oxygens (including phenoxy) is 1. The lowest BCUT2D eigenvalue weighted by atomic mass is 9.75. The van der Waals surface area contributed by atoms with Crippen molar-refractivity contribution in [3.63, 3.8) is 0 Å². The minimum absolute atomic E-state index is 0.426. The predicted molar refractivity (Wildman–Crippen MR) is 114 cm³/mol. The molecule has 0 radical (unpaired) electrons. The number of unbranched alkanes of at least 4 members (excludes halogenated alkanes) is 3. The van der Waals surface area contributed by atoms with Crippen molar-refractivity contribution in [2.45, 2.75) is 105 Å². The molecule has 1 unspecified atom stereocenters. The van der Waals surface area contributed by atoms with E-state index < -0.39 is 0 Å². The molecule has 0 aromatic heterocycles. The molecule has 0 aromatic rings. The van der Waals surface area contributed by atoms with Crippen molar-refractivity contribution < 1.29 is 4.74 Å². The van der Waals surface area contributed by atoms with E-state index in [0.29, 0.717) is 11.3 Å². The Kier molecular flexibility index (Phi) is 16.5. The van der Waals surface area contributed by atoms with Gasteiger partial charge in [-0.3, -0.25) is 0 Å². The van der Waals surface area contributed by atoms with Crippen molar-refractivity contribution in [1.82, 2.24) is 0 Å². The second-order valence-electron chi connectivity index (χ2n) is 7.73. The molecule has 0 saturated carbocycles. The molecule has 0 fully saturated rings. The first-order valence-electron chi connectivity index (χ1n) is 11.0. The zero-order chi connectivity index (χ0) is 18.8. The van der Waals surface area contributed by atoms with Gasteiger partial charge >= 0.3 is 0 Å². The van der Waals surface area contributed by atoms with Crippen LogP contribution in [-0.4, -0.2) is 13.2 Å². The number of rotatable bonds is 17. The van der Waals surface area contributed by atoms with Crippen molar-refractivity contribution in [2.75, 3.05) is 13.2 Å². The average molecular weight is 351 g/mol. The lowest BCUT2D eigenvalue weighted by Crippen LogP contribution is -2.28. The third kappa shape index (κ3) is 12.4. The van der Waals surface area contributed by atoms with Gasteiger partial charge in [0.05, 0.1) is 13.2 Å². The maximum atomic E-state index is 6.33. The highest BCUT2D eigenvalue weighted by molar-refractivity contribution is 4.94. The minimum atomic E-state index is 0.426. The molecule has 0 aromatic carbocycles. The predicted octanol–water partition coefficient (Wildman–Crippen LogP) is 8.11. The molecule has 0 aliphatic carbocycles. The molecule has 0 rings (SSSR count). The van der Waals surface area contributed by atoms with Crippen molar-refractivity contribution in [1.29, 1.82) is 0 Å². The monoisotopic (exact) mass is 350 g/mol. The van der Waals surface area contributed by atoms with Crippen LogP contribution in [0.2, 0.25) is 0 Å². The Morgan fingerprint density at radius 2 is 1.40 bits per heavy atom.